The molecule has 8 heavy (non-hydrogen) atoms. The van der Waals surface area contributed by atoms with Crippen molar-refractivity contribution in [2.75, 3.05) is 0 Å². The number of rotatable bonds is 0. The average Bonchev–Trinajstić information content (AvgIpc) is 1.84. The van der Waals surface area contributed by atoms with E-state index < -0.39 is 0 Å². The molecule has 2 nitrogen and oxygen atoms in total. The first-order valence-electron chi connectivity index (χ1n) is 2.74. The third-order valence-electron chi connectivity index (χ3n) is 1.33. The fraction of sp³-hybridized carbons (Fsp3) is 0.833. The van der Waals surface area contributed by atoms with E-state index in [1.165, 1.54) is 12.8 Å². The number of hydrogen-bond donors (Lipinski definition) is 1. The molecule has 0 bridgehead atoms. The van der Waals surface area contributed by atoms with Gasteiger partial charge in [0.05, 0.1) is 5.54 Å². The molecule has 1 aliphatic rings. The Morgan fingerprint density at radius 2 is 2.12 bits per heavy atom. The Morgan fingerprint density at radius 1 is 1.50 bits per heavy atom. The van der Waals surface area contributed by atoms with Crippen molar-refractivity contribution in [1.29, 1.82) is 0 Å². The van der Waals surface area contributed by atoms with Gasteiger partial charge in [-0.25, -0.2) is 0 Å². The van der Waals surface area contributed by atoms with Crippen molar-refractivity contribution in [1.82, 2.24) is 6.15 Å². The Labute approximate surface area is 50.6 Å². The molecular weight excluding hydrogens is 100 g/mol. The van der Waals surface area contributed by atoms with Gasteiger partial charge in [-0.1, -0.05) is 0 Å². The predicted molar refractivity (Wildman–Crippen MR) is 36.8 cm³/mol. The fourth-order valence-corrected chi connectivity index (χ4v) is 0.794. The molecule has 1 heterocycles. The molecule has 0 radical (unpaired) electrons. The zero-order valence-electron chi connectivity index (χ0n) is 5.65. The molecule has 0 aliphatic carbocycles. The summed E-state index contributed by atoms with van der Waals surface area (Å²) >= 11 is 0. The van der Waals surface area contributed by atoms with Crippen molar-refractivity contribution in [3.05, 3.63) is 0 Å². The molecule has 1 rings (SSSR count). The predicted octanol–water partition coefficient (Wildman–Crippen LogP) is 1.79. The molecule has 0 unspecified atom stereocenters. The van der Waals surface area contributed by atoms with Gasteiger partial charge in [-0.3, -0.25) is 4.99 Å². The molecular formula is C6H14N2. The fourth-order valence-electron chi connectivity index (χ4n) is 0.794. The lowest BCUT2D eigenvalue weighted by molar-refractivity contribution is 0.522. The van der Waals surface area contributed by atoms with Gasteiger partial charge in [0.15, 0.2) is 0 Å². The van der Waals surface area contributed by atoms with Gasteiger partial charge in [-0.2, -0.15) is 0 Å². The third-order valence-corrected chi connectivity index (χ3v) is 1.33. The number of hydrogen-bond acceptors (Lipinski definition) is 2. The number of aliphatic imine (C=N–C) groups is 1. The Bertz CT molecular complexity index is 94.7. The monoisotopic (exact) mass is 114 g/mol. The van der Waals surface area contributed by atoms with Crippen LogP contribution in [0, 0.1) is 0 Å². The van der Waals surface area contributed by atoms with Gasteiger partial charge in [0, 0.05) is 0 Å². The largest absolute Gasteiger partial charge is 0.344 e. The van der Waals surface area contributed by atoms with Crippen LogP contribution in [-0.2, 0) is 0 Å². The lowest BCUT2D eigenvalue weighted by Gasteiger charge is -2.10. The van der Waals surface area contributed by atoms with Crippen LogP contribution >= 0.6 is 0 Å². The summed E-state index contributed by atoms with van der Waals surface area (Å²) in [5, 5.41) is 0. The lowest BCUT2D eigenvalue weighted by atomic mass is 10.0. The van der Waals surface area contributed by atoms with Crippen LogP contribution in [0.5, 0.6) is 0 Å². The Morgan fingerprint density at radius 3 is 2.25 bits per heavy atom. The second-order valence-corrected chi connectivity index (χ2v) is 2.66. The SMILES string of the molecule is CC1(C)CCC=N1.N. The molecule has 48 valence electrons. The van der Waals surface area contributed by atoms with E-state index in [0.717, 1.165) is 0 Å². The van der Waals surface area contributed by atoms with E-state index in [2.05, 4.69) is 18.8 Å². The van der Waals surface area contributed by atoms with Crippen molar-refractivity contribution in [3.63, 3.8) is 0 Å². The Kier molecular flexibility index (Phi) is 2.16. The van der Waals surface area contributed by atoms with Crippen LogP contribution < -0.4 is 6.15 Å². The quantitative estimate of drug-likeness (QED) is 0.512. The second-order valence-electron chi connectivity index (χ2n) is 2.66. The highest BCUT2D eigenvalue weighted by atomic mass is 14.8. The molecule has 2 heteroatoms. The van der Waals surface area contributed by atoms with E-state index in [-0.39, 0.29) is 11.7 Å². The molecule has 0 aromatic rings. The van der Waals surface area contributed by atoms with E-state index in [0.29, 0.717) is 0 Å². The van der Waals surface area contributed by atoms with Gasteiger partial charge in [0.2, 0.25) is 0 Å². The summed E-state index contributed by atoms with van der Waals surface area (Å²) in [5.74, 6) is 0. The Hall–Kier alpha value is -0.370. The van der Waals surface area contributed by atoms with Crippen molar-refractivity contribution < 1.29 is 0 Å². The summed E-state index contributed by atoms with van der Waals surface area (Å²) in [6.45, 7) is 4.33. The van der Waals surface area contributed by atoms with E-state index in [1.54, 1.807) is 0 Å². The van der Waals surface area contributed by atoms with Crippen LogP contribution in [0.1, 0.15) is 26.7 Å². The first-order valence-corrected chi connectivity index (χ1v) is 2.74. The third kappa shape index (κ3) is 1.62. The van der Waals surface area contributed by atoms with Crippen molar-refractivity contribution in [3.8, 4) is 0 Å². The summed E-state index contributed by atoms with van der Waals surface area (Å²) in [6, 6.07) is 0. The van der Waals surface area contributed by atoms with E-state index in [1.807, 2.05) is 6.21 Å². The van der Waals surface area contributed by atoms with Gasteiger partial charge >= 0.3 is 0 Å². The smallest absolute Gasteiger partial charge is 0.0551 e. The summed E-state index contributed by atoms with van der Waals surface area (Å²) in [6.07, 6.45) is 4.42. The van der Waals surface area contributed by atoms with Crippen LogP contribution in [0.4, 0.5) is 0 Å². The standard InChI is InChI=1S/C6H11N.H3N/c1-6(2)4-3-5-7-6;/h5H,3-4H2,1-2H3;1H3. The normalized spacial score (nSPS) is 22.8. The summed E-state index contributed by atoms with van der Waals surface area (Å²) < 4.78 is 0. The van der Waals surface area contributed by atoms with Gasteiger partial charge in [0.1, 0.15) is 0 Å². The van der Waals surface area contributed by atoms with Crippen molar-refractivity contribution >= 4 is 6.21 Å². The van der Waals surface area contributed by atoms with E-state index in [9.17, 15) is 0 Å². The average molecular weight is 114 g/mol. The highest BCUT2D eigenvalue weighted by Crippen LogP contribution is 2.19. The minimum absolute atomic E-state index is 0. The van der Waals surface area contributed by atoms with Crippen LogP contribution in [0.25, 0.3) is 0 Å². The summed E-state index contributed by atoms with van der Waals surface area (Å²) in [7, 11) is 0. The molecule has 0 atom stereocenters. The van der Waals surface area contributed by atoms with Gasteiger partial charge in [0.25, 0.3) is 0 Å². The first-order chi connectivity index (χ1) is 3.21. The molecule has 0 spiro atoms. The van der Waals surface area contributed by atoms with E-state index in [4.69, 9.17) is 0 Å². The Balaban J connectivity index is 0.000000490. The van der Waals surface area contributed by atoms with Crippen molar-refractivity contribution in [2.24, 2.45) is 4.99 Å². The molecule has 0 aromatic heterocycles. The molecule has 0 aromatic carbocycles. The maximum absolute atomic E-state index is 4.24. The van der Waals surface area contributed by atoms with Crippen LogP contribution in [0.3, 0.4) is 0 Å². The van der Waals surface area contributed by atoms with Gasteiger partial charge in [-0.05, 0) is 32.9 Å². The summed E-state index contributed by atoms with van der Waals surface area (Å²) in [5.41, 5.74) is 0.264. The molecule has 0 saturated carbocycles. The molecule has 1 aliphatic heterocycles. The zero-order valence-corrected chi connectivity index (χ0v) is 5.65. The topological polar surface area (TPSA) is 47.4 Å². The second kappa shape index (κ2) is 2.27. The molecule has 3 N–H and O–H groups in total. The molecule has 0 fully saturated rings. The maximum atomic E-state index is 4.24. The van der Waals surface area contributed by atoms with Crippen LogP contribution in [0.15, 0.2) is 4.99 Å². The molecule has 0 saturated heterocycles. The van der Waals surface area contributed by atoms with Crippen molar-refractivity contribution in [2.45, 2.75) is 32.2 Å². The van der Waals surface area contributed by atoms with Crippen LogP contribution in [-0.4, -0.2) is 11.8 Å². The first kappa shape index (κ1) is 7.63. The minimum atomic E-state index is 0. The maximum Gasteiger partial charge on any atom is 0.0551 e. The van der Waals surface area contributed by atoms with E-state index >= 15 is 0 Å². The molecule has 0 amide bonds. The van der Waals surface area contributed by atoms with Crippen LogP contribution in [0.2, 0.25) is 0 Å². The highest BCUT2D eigenvalue weighted by Gasteiger charge is 2.17. The van der Waals surface area contributed by atoms with Gasteiger partial charge < -0.3 is 6.15 Å². The van der Waals surface area contributed by atoms with Gasteiger partial charge in [-0.15, -0.1) is 0 Å². The lowest BCUT2D eigenvalue weighted by Crippen LogP contribution is -2.10. The minimum Gasteiger partial charge on any atom is -0.344 e. The zero-order chi connectivity index (χ0) is 5.33. The number of nitrogens with zero attached hydrogens (tertiary/aromatic N) is 1. The summed E-state index contributed by atoms with van der Waals surface area (Å²) in [4.78, 5) is 4.24. The highest BCUT2D eigenvalue weighted by molar-refractivity contribution is 5.60.